The molecule has 1 aromatic carbocycles. The Labute approximate surface area is 191 Å². The van der Waals surface area contributed by atoms with Gasteiger partial charge in [-0.2, -0.15) is 5.10 Å². The highest BCUT2D eigenvalue weighted by molar-refractivity contribution is 7.18. The number of hydrazone groups is 1. The van der Waals surface area contributed by atoms with Crippen LogP contribution in [0.25, 0.3) is 0 Å². The number of urea groups is 1. The van der Waals surface area contributed by atoms with E-state index in [2.05, 4.69) is 15.8 Å². The van der Waals surface area contributed by atoms with Crippen LogP contribution in [-0.2, 0) is 4.74 Å². The summed E-state index contributed by atoms with van der Waals surface area (Å²) in [7, 11) is 3.56. The molecule has 0 radical (unpaired) electrons. The van der Waals surface area contributed by atoms with Crippen LogP contribution in [0.5, 0.6) is 5.75 Å². The Hall–Kier alpha value is -3.24. The van der Waals surface area contributed by atoms with E-state index in [-0.39, 0.29) is 29.5 Å². The fourth-order valence-corrected chi connectivity index (χ4v) is 3.91. The zero-order valence-corrected chi connectivity index (χ0v) is 19.7. The molecule has 172 valence electrons. The van der Waals surface area contributed by atoms with Crippen LogP contribution in [0.15, 0.2) is 29.4 Å². The number of hydrogen-bond donors (Lipinski definition) is 2. The predicted octanol–water partition coefficient (Wildman–Crippen LogP) is 3.53. The predicted molar refractivity (Wildman–Crippen MR) is 125 cm³/mol. The van der Waals surface area contributed by atoms with Gasteiger partial charge in [0.05, 0.1) is 36.4 Å². The number of carbonyl (C=O) groups is 3. The molecule has 0 aliphatic rings. The van der Waals surface area contributed by atoms with Crippen molar-refractivity contribution < 1.29 is 23.9 Å². The SMILES string of the molecule is CCOC(=O)c1c(NC(=O)N/N=C/c2ccc(OCC)cc2)sc(C(=O)CN(C)C)c1C. The van der Waals surface area contributed by atoms with Gasteiger partial charge in [0.2, 0.25) is 0 Å². The summed E-state index contributed by atoms with van der Waals surface area (Å²) in [6.07, 6.45) is 1.48. The monoisotopic (exact) mass is 460 g/mol. The van der Waals surface area contributed by atoms with Crippen LogP contribution in [0.4, 0.5) is 9.80 Å². The van der Waals surface area contributed by atoms with Crippen molar-refractivity contribution in [3.63, 3.8) is 0 Å². The molecule has 0 saturated carbocycles. The number of carbonyl (C=O) groups excluding carboxylic acids is 3. The van der Waals surface area contributed by atoms with E-state index in [1.54, 1.807) is 57.1 Å². The highest BCUT2D eigenvalue weighted by atomic mass is 32.1. The van der Waals surface area contributed by atoms with Gasteiger partial charge >= 0.3 is 12.0 Å². The zero-order valence-electron chi connectivity index (χ0n) is 18.9. The summed E-state index contributed by atoms with van der Waals surface area (Å²) in [6, 6.07) is 6.57. The van der Waals surface area contributed by atoms with Gasteiger partial charge < -0.3 is 14.4 Å². The van der Waals surface area contributed by atoms with Gasteiger partial charge in [-0.05, 0) is 70.3 Å². The fourth-order valence-electron chi connectivity index (χ4n) is 2.79. The van der Waals surface area contributed by atoms with Crippen molar-refractivity contribution >= 4 is 40.3 Å². The van der Waals surface area contributed by atoms with Gasteiger partial charge in [-0.15, -0.1) is 11.3 Å². The third-order valence-electron chi connectivity index (χ3n) is 4.14. The molecule has 2 amide bonds. The Morgan fingerprint density at radius 2 is 1.81 bits per heavy atom. The third-order valence-corrected chi connectivity index (χ3v) is 5.39. The molecule has 1 aromatic heterocycles. The molecular weight excluding hydrogens is 432 g/mol. The first-order chi connectivity index (χ1) is 15.3. The molecular formula is C22H28N4O5S. The van der Waals surface area contributed by atoms with Gasteiger partial charge in [0.15, 0.2) is 5.78 Å². The van der Waals surface area contributed by atoms with Crippen LogP contribution in [0.2, 0.25) is 0 Å². The number of nitrogens with one attached hydrogen (secondary N) is 2. The molecule has 0 aliphatic heterocycles. The molecule has 0 fully saturated rings. The topological polar surface area (TPSA) is 109 Å². The van der Waals surface area contributed by atoms with Crippen LogP contribution < -0.4 is 15.5 Å². The van der Waals surface area contributed by atoms with Crippen molar-refractivity contribution in [2.45, 2.75) is 20.8 Å². The zero-order chi connectivity index (χ0) is 23.7. The average Bonchev–Trinajstić information content (AvgIpc) is 3.05. The number of nitrogens with zero attached hydrogens (tertiary/aromatic N) is 2. The maximum absolute atomic E-state index is 12.6. The minimum absolute atomic E-state index is 0.148. The minimum Gasteiger partial charge on any atom is -0.494 e. The summed E-state index contributed by atoms with van der Waals surface area (Å²) in [4.78, 5) is 39.5. The van der Waals surface area contributed by atoms with E-state index in [1.165, 1.54) is 6.21 Å². The lowest BCUT2D eigenvalue weighted by molar-refractivity contribution is 0.0527. The van der Waals surface area contributed by atoms with Crippen molar-refractivity contribution in [3.05, 3.63) is 45.8 Å². The average molecular weight is 461 g/mol. The number of anilines is 1. The normalized spacial score (nSPS) is 10.9. The molecule has 0 atom stereocenters. The maximum Gasteiger partial charge on any atom is 0.341 e. The number of hydrogen-bond acceptors (Lipinski definition) is 8. The molecule has 0 unspecified atom stereocenters. The molecule has 0 bridgehead atoms. The Morgan fingerprint density at radius 1 is 1.12 bits per heavy atom. The number of ketones is 1. The molecule has 10 heteroatoms. The van der Waals surface area contributed by atoms with Crippen LogP contribution in [0.1, 0.15) is 45.0 Å². The van der Waals surface area contributed by atoms with Crippen molar-refractivity contribution in [3.8, 4) is 5.75 Å². The summed E-state index contributed by atoms with van der Waals surface area (Å²) >= 11 is 1.04. The second-order valence-corrected chi connectivity index (χ2v) is 7.99. The quantitative estimate of drug-likeness (QED) is 0.243. The number of thiophene rings is 1. The van der Waals surface area contributed by atoms with E-state index in [1.807, 2.05) is 6.92 Å². The summed E-state index contributed by atoms with van der Waals surface area (Å²) in [5.74, 6) is -0.00194. The number of Topliss-reactive ketones (excluding diaryl/α,β-unsaturated/α-hetero) is 1. The molecule has 0 saturated heterocycles. The smallest absolute Gasteiger partial charge is 0.341 e. The number of benzene rings is 1. The molecule has 0 spiro atoms. The molecule has 2 aromatic rings. The van der Waals surface area contributed by atoms with E-state index in [9.17, 15) is 14.4 Å². The van der Waals surface area contributed by atoms with Crippen molar-refractivity contribution in [1.29, 1.82) is 0 Å². The van der Waals surface area contributed by atoms with Crippen LogP contribution in [0.3, 0.4) is 0 Å². The van der Waals surface area contributed by atoms with Crippen molar-refractivity contribution in [1.82, 2.24) is 10.3 Å². The number of likely N-dealkylation sites (N-methyl/N-ethyl adjacent to an activating group) is 1. The molecule has 2 N–H and O–H groups in total. The maximum atomic E-state index is 12.6. The molecule has 0 aliphatic carbocycles. The van der Waals surface area contributed by atoms with Crippen molar-refractivity contribution in [2.24, 2.45) is 5.10 Å². The number of ether oxygens (including phenoxy) is 2. The summed E-state index contributed by atoms with van der Waals surface area (Å²) in [6.45, 7) is 6.19. The van der Waals surface area contributed by atoms with E-state index in [0.29, 0.717) is 17.0 Å². The number of amides is 2. The Balaban J connectivity index is 2.14. The first-order valence-electron chi connectivity index (χ1n) is 10.1. The van der Waals surface area contributed by atoms with Crippen LogP contribution in [-0.4, -0.2) is 62.8 Å². The van der Waals surface area contributed by atoms with E-state index in [4.69, 9.17) is 9.47 Å². The molecule has 32 heavy (non-hydrogen) atoms. The van der Waals surface area contributed by atoms with E-state index >= 15 is 0 Å². The number of esters is 1. The van der Waals surface area contributed by atoms with Gasteiger partial charge in [-0.3, -0.25) is 10.1 Å². The molecule has 2 rings (SSSR count). The standard InChI is InChI=1S/C22H28N4O5S/c1-6-30-16-10-8-15(9-11-16)12-23-25-22(29)24-20-18(21(28)31-7-2)14(3)19(32-20)17(27)13-26(4)5/h8-12H,6-7,13H2,1-5H3,(H2,24,25,29)/b23-12+. The Morgan fingerprint density at radius 3 is 2.41 bits per heavy atom. The lowest BCUT2D eigenvalue weighted by Gasteiger charge is -2.07. The van der Waals surface area contributed by atoms with Gasteiger partial charge in [0.1, 0.15) is 10.8 Å². The van der Waals surface area contributed by atoms with E-state index in [0.717, 1.165) is 22.6 Å². The van der Waals surface area contributed by atoms with Gasteiger partial charge in [0, 0.05) is 0 Å². The molecule has 1 heterocycles. The third kappa shape index (κ3) is 6.89. The van der Waals surface area contributed by atoms with Gasteiger partial charge in [0.25, 0.3) is 0 Å². The van der Waals surface area contributed by atoms with Crippen LogP contribution in [0, 0.1) is 6.92 Å². The molecule has 9 nitrogen and oxygen atoms in total. The first kappa shape index (κ1) is 25.0. The summed E-state index contributed by atoms with van der Waals surface area (Å²) in [5.41, 5.74) is 3.78. The second kappa shape index (κ2) is 12.0. The number of rotatable bonds is 10. The summed E-state index contributed by atoms with van der Waals surface area (Å²) < 4.78 is 10.5. The Bertz CT molecular complexity index is 983. The lowest BCUT2D eigenvalue weighted by atomic mass is 10.1. The fraction of sp³-hybridized carbons (Fsp3) is 0.364. The largest absolute Gasteiger partial charge is 0.494 e. The first-order valence-corrected chi connectivity index (χ1v) is 10.9. The van der Waals surface area contributed by atoms with E-state index < -0.39 is 12.0 Å². The van der Waals surface area contributed by atoms with Gasteiger partial charge in [-0.25, -0.2) is 15.0 Å². The minimum atomic E-state index is -0.648. The highest BCUT2D eigenvalue weighted by Crippen LogP contribution is 2.34. The Kier molecular flexibility index (Phi) is 9.36. The van der Waals surface area contributed by atoms with Gasteiger partial charge in [-0.1, -0.05) is 0 Å². The second-order valence-electron chi connectivity index (χ2n) is 6.97. The van der Waals surface area contributed by atoms with Crippen molar-refractivity contribution in [2.75, 3.05) is 39.2 Å². The van der Waals surface area contributed by atoms with Crippen LogP contribution >= 0.6 is 11.3 Å². The summed E-state index contributed by atoms with van der Waals surface area (Å²) in [5, 5.41) is 6.75. The lowest BCUT2D eigenvalue weighted by Crippen LogP contribution is -2.24. The highest BCUT2D eigenvalue weighted by Gasteiger charge is 2.26.